The number of nitrogens with zero attached hydrogens (tertiary/aromatic N) is 2. The van der Waals surface area contributed by atoms with Gasteiger partial charge in [-0.25, -0.2) is 0 Å². The average molecular weight is 295 g/mol. The molecule has 0 aliphatic heterocycles. The fourth-order valence-corrected chi connectivity index (χ4v) is 3.63. The summed E-state index contributed by atoms with van der Waals surface area (Å²) in [4.78, 5) is 0. The molecule has 1 aromatic heterocycles. The molecule has 1 aliphatic carbocycles. The average Bonchev–Trinajstić information content (AvgIpc) is 2.85. The molecular formula is C12H12N2O2Se. The van der Waals surface area contributed by atoms with E-state index in [4.69, 9.17) is 9.47 Å². The first kappa shape index (κ1) is 10.8. The molecule has 0 bridgehead atoms. The Morgan fingerprint density at radius 2 is 1.88 bits per heavy atom. The second kappa shape index (κ2) is 4.17. The van der Waals surface area contributed by atoms with Crippen molar-refractivity contribution in [3.63, 3.8) is 0 Å². The van der Waals surface area contributed by atoms with Crippen molar-refractivity contribution in [3.05, 3.63) is 22.1 Å². The molecule has 1 aliphatic rings. The maximum absolute atomic E-state index is 5.44. The quantitative estimate of drug-likeness (QED) is 0.784. The molecule has 5 heteroatoms. The Bertz CT molecular complexity index is 566. The van der Waals surface area contributed by atoms with Crippen LogP contribution in [0, 0.1) is 0 Å². The SMILES string of the molecule is COc1ccc(OC)c2c1CCc1[se]nnc1-2. The van der Waals surface area contributed by atoms with Crippen molar-refractivity contribution in [2.75, 3.05) is 14.2 Å². The molecule has 0 fully saturated rings. The van der Waals surface area contributed by atoms with Crippen LogP contribution in [0.25, 0.3) is 11.3 Å². The van der Waals surface area contributed by atoms with Crippen LogP contribution in [0.1, 0.15) is 10.0 Å². The van der Waals surface area contributed by atoms with Gasteiger partial charge in [-0.15, -0.1) is 0 Å². The van der Waals surface area contributed by atoms with Crippen LogP contribution < -0.4 is 9.47 Å². The number of hydrogen-bond donors (Lipinski definition) is 0. The molecule has 88 valence electrons. The Kier molecular flexibility index (Phi) is 2.65. The van der Waals surface area contributed by atoms with Crippen LogP contribution in [0.4, 0.5) is 0 Å². The number of hydrogen-bond acceptors (Lipinski definition) is 4. The van der Waals surface area contributed by atoms with Gasteiger partial charge in [0, 0.05) is 0 Å². The van der Waals surface area contributed by atoms with E-state index in [2.05, 4.69) is 9.19 Å². The molecule has 2 aromatic rings. The van der Waals surface area contributed by atoms with Gasteiger partial charge in [0.2, 0.25) is 0 Å². The minimum atomic E-state index is 0.182. The van der Waals surface area contributed by atoms with Gasteiger partial charge in [-0.2, -0.15) is 0 Å². The standard InChI is InChI=1S/C12H12N2O2Se/c1-15-8-4-5-9(16-2)11-7(8)3-6-10-12(11)13-14-17-10/h4-5H,3,6H2,1-2H3. The van der Waals surface area contributed by atoms with Crippen LogP contribution >= 0.6 is 0 Å². The molecule has 0 saturated carbocycles. The third-order valence-electron chi connectivity index (χ3n) is 3.07. The second-order valence-corrected chi connectivity index (χ2v) is 5.63. The predicted octanol–water partition coefficient (Wildman–Crippen LogP) is 1.32. The first-order chi connectivity index (χ1) is 8.35. The summed E-state index contributed by atoms with van der Waals surface area (Å²) in [5.74, 6) is 1.78. The van der Waals surface area contributed by atoms with Gasteiger partial charge >= 0.3 is 105 Å². The first-order valence-corrected chi connectivity index (χ1v) is 7.03. The molecule has 0 unspecified atom stereocenters. The molecule has 17 heavy (non-hydrogen) atoms. The Morgan fingerprint density at radius 1 is 1.12 bits per heavy atom. The maximum atomic E-state index is 5.44. The van der Waals surface area contributed by atoms with Crippen LogP contribution in [0.3, 0.4) is 0 Å². The number of aromatic nitrogens is 2. The summed E-state index contributed by atoms with van der Waals surface area (Å²) >= 11 is 0.182. The number of ether oxygens (including phenoxy) is 2. The van der Waals surface area contributed by atoms with E-state index in [0.29, 0.717) is 0 Å². The summed E-state index contributed by atoms with van der Waals surface area (Å²) in [5.41, 5.74) is 3.29. The predicted molar refractivity (Wildman–Crippen MR) is 64.9 cm³/mol. The topological polar surface area (TPSA) is 44.2 Å². The van der Waals surface area contributed by atoms with Gasteiger partial charge in [-0.05, 0) is 0 Å². The summed E-state index contributed by atoms with van der Waals surface area (Å²) in [5, 5.41) is 4.28. The normalized spacial score (nSPS) is 12.8. The van der Waals surface area contributed by atoms with E-state index in [-0.39, 0.29) is 14.7 Å². The van der Waals surface area contributed by atoms with E-state index in [1.807, 2.05) is 12.1 Å². The van der Waals surface area contributed by atoms with E-state index >= 15 is 0 Å². The molecule has 0 spiro atoms. The van der Waals surface area contributed by atoms with Crippen LogP contribution in [0.15, 0.2) is 12.1 Å². The van der Waals surface area contributed by atoms with E-state index in [1.54, 1.807) is 14.2 Å². The number of aryl methyl sites for hydroxylation is 1. The molecule has 0 atom stereocenters. The van der Waals surface area contributed by atoms with Crippen LogP contribution in [-0.4, -0.2) is 38.1 Å². The van der Waals surface area contributed by atoms with Crippen molar-refractivity contribution >= 4 is 14.7 Å². The van der Waals surface area contributed by atoms with Gasteiger partial charge in [-0.3, -0.25) is 0 Å². The van der Waals surface area contributed by atoms with Crippen LogP contribution in [0.2, 0.25) is 0 Å². The van der Waals surface area contributed by atoms with E-state index in [1.165, 1.54) is 10.0 Å². The minimum absolute atomic E-state index is 0.182. The summed E-state index contributed by atoms with van der Waals surface area (Å²) < 4.78 is 16.4. The van der Waals surface area contributed by atoms with Crippen molar-refractivity contribution in [2.24, 2.45) is 0 Å². The van der Waals surface area contributed by atoms with Gasteiger partial charge < -0.3 is 0 Å². The Morgan fingerprint density at radius 3 is 2.65 bits per heavy atom. The molecule has 4 nitrogen and oxygen atoms in total. The monoisotopic (exact) mass is 296 g/mol. The molecule has 0 amide bonds. The Hall–Kier alpha value is -1.32. The van der Waals surface area contributed by atoms with E-state index < -0.39 is 0 Å². The molecule has 3 rings (SSSR count). The van der Waals surface area contributed by atoms with Gasteiger partial charge in [0.1, 0.15) is 0 Å². The fraction of sp³-hybridized carbons (Fsp3) is 0.333. The first-order valence-electron chi connectivity index (χ1n) is 5.40. The fourth-order valence-electron chi connectivity index (χ4n) is 2.28. The van der Waals surface area contributed by atoms with Crippen molar-refractivity contribution in [1.29, 1.82) is 0 Å². The zero-order valence-corrected chi connectivity index (χ0v) is 11.4. The third-order valence-corrected chi connectivity index (χ3v) is 4.71. The van der Waals surface area contributed by atoms with Gasteiger partial charge in [0.15, 0.2) is 0 Å². The van der Waals surface area contributed by atoms with Crippen LogP contribution in [0.5, 0.6) is 11.5 Å². The summed E-state index contributed by atoms with van der Waals surface area (Å²) in [6.07, 6.45) is 2.03. The zero-order valence-electron chi connectivity index (χ0n) is 9.69. The number of benzene rings is 1. The summed E-state index contributed by atoms with van der Waals surface area (Å²) in [6, 6.07) is 3.90. The zero-order chi connectivity index (χ0) is 11.8. The third kappa shape index (κ3) is 1.58. The van der Waals surface area contributed by atoms with Crippen molar-refractivity contribution < 1.29 is 9.47 Å². The van der Waals surface area contributed by atoms with Gasteiger partial charge in [0.25, 0.3) is 0 Å². The second-order valence-electron chi connectivity index (χ2n) is 3.87. The van der Waals surface area contributed by atoms with Crippen molar-refractivity contribution in [2.45, 2.75) is 12.8 Å². The summed E-state index contributed by atoms with van der Waals surface area (Å²) in [6.45, 7) is 0. The van der Waals surface area contributed by atoms with E-state index in [9.17, 15) is 0 Å². The van der Waals surface area contributed by atoms with Crippen LogP contribution in [-0.2, 0) is 12.8 Å². The number of fused-ring (bicyclic) bond motifs is 3. The summed E-state index contributed by atoms with van der Waals surface area (Å²) in [7, 11) is 3.39. The van der Waals surface area contributed by atoms with Gasteiger partial charge in [0.05, 0.1) is 0 Å². The van der Waals surface area contributed by atoms with E-state index in [0.717, 1.165) is 35.6 Å². The molecule has 0 saturated heterocycles. The molecule has 1 aromatic carbocycles. The Labute approximate surface area is 106 Å². The molecular weight excluding hydrogens is 283 g/mol. The van der Waals surface area contributed by atoms with Crippen molar-refractivity contribution in [1.82, 2.24) is 9.19 Å². The molecule has 1 heterocycles. The number of methoxy groups -OCH3 is 2. The molecule has 0 radical (unpaired) electrons. The van der Waals surface area contributed by atoms with Gasteiger partial charge in [-0.1, -0.05) is 0 Å². The number of rotatable bonds is 2. The molecule has 0 N–H and O–H groups in total. The van der Waals surface area contributed by atoms with Crippen molar-refractivity contribution in [3.8, 4) is 22.8 Å². The Balaban J connectivity index is 2.30.